The lowest BCUT2D eigenvalue weighted by Gasteiger charge is -2.33. The van der Waals surface area contributed by atoms with Gasteiger partial charge in [-0.2, -0.15) is 0 Å². The predicted octanol–water partition coefficient (Wildman–Crippen LogP) is 3.67. The highest BCUT2D eigenvalue weighted by Gasteiger charge is 2.34. The Kier molecular flexibility index (Phi) is 3.75. The van der Waals surface area contributed by atoms with Gasteiger partial charge in [-0.05, 0) is 18.8 Å². The third-order valence-corrected chi connectivity index (χ3v) is 3.22. The van der Waals surface area contributed by atoms with E-state index in [1.807, 2.05) is 0 Å². The van der Waals surface area contributed by atoms with Crippen LogP contribution >= 0.6 is 0 Å². The van der Waals surface area contributed by atoms with Gasteiger partial charge in [-0.15, -0.1) is 0 Å². The van der Waals surface area contributed by atoms with E-state index in [-0.39, 0.29) is 10.8 Å². The molecule has 1 aliphatic rings. The molecule has 1 unspecified atom stereocenters. The Hall–Kier alpha value is -0.790. The molecule has 17 heavy (non-hydrogen) atoms. The molecule has 0 aromatic carbocycles. The van der Waals surface area contributed by atoms with Gasteiger partial charge in [-0.1, -0.05) is 41.5 Å². The lowest BCUT2D eigenvalue weighted by molar-refractivity contribution is -0.116. The van der Waals surface area contributed by atoms with Crippen molar-refractivity contribution in [3.05, 3.63) is 11.3 Å². The van der Waals surface area contributed by atoms with Gasteiger partial charge in [0.15, 0.2) is 5.78 Å². The molecule has 0 fully saturated rings. The Morgan fingerprint density at radius 1 is 1.06 bits per heavy atom. The molecule has 1 heterocycles. The average Bonchev–Trinajstić information content (AvgIpc) is 2.23. The second kappa shape index (κ2) is 4.47. The van der Waals surface area contributed by atoms with E-state index in [4.69, 9.17) is 0 Å². The first-order chi connectivity index (χ1) is 7.53. The Balaban J connectivity index is 3.38. The molecule has 0 spiro atoms. The molecule has 1 N–H and O–H groups in total. The summed E-state index contributed by atoms with van der Waals surface area (Å²) in [6.07, 6.45) is 1.60. The first-order valence-corrected chi connectivity index (χ1v) is 6.58. The Morgan fingerprint density at radius 2 is 1.59 bits per heavy atom. The van der Waals surface area contributed by atoms with Crippen molar-refractivity contribution in [2.45, 2.75) is 67.3 Å². The van der Waals surface area contributed by atoms with E-state index in [1.165, 1.54) is 0 Å². The average molecular weight is 237 g/mol. The normalized spacial score (nSPS) is 23.5. The molecule has 0 aromatic rings. The van der Waals surface area contributed by atoms with Gasteiger partial charge in [-0.25, -0.2) is 0 Å². The molecular formula is C15H27NO. The maximum Gasteiger partial charge on any atom is 0.161 e. The van der Waals surface area contributed by atoms with E-state index in [1.54, 1.807) is 0 Å². The van der Waals surface area contributed by atoms with Crippen LogP contribution in [0.3, 0.4) is 0 Å². The summed E-state index contributed by atoms with van der Waals surface area (Å²) in [5, 5.41) is 3.56. The van der Waals surface area contributed by atoms with Gasteiger partial charge in [0.2, 0.25) is 0 Å². The first-order valence-electron chi connectivity index (χ1n) is 6.58. The third-order valence-electron chi connectivity index (χ3n) is 3.22. The first kappa shape index (κ1) is 14.3. The topological polar surface area (TPSA) is 29.1 Å². The molecule has 0 saturated heterocycles. The quantitative estimate of drug-likeness (QED) is 0.696. The number of ketones is 1. The van der Waals surface area contributed by atoms with Crippen molar-refractivity contribution in [3.63, 3.8) is 0 Å². The summed E-state index contributed by atoms with van der Waals surface area (Å²) in [6, 6.07) is 0.382. The standard InChI is InChI=1S/C15H27NO/c1-10-8-9-11(17)12(14(2,3)4)13(16-10)15(5,6)7/h10,16H,8-9H2,1-7H3. The van der Waals surface area contributed by atoms with Crippen molar-refractivity contribution in [2.75, 3.05) is 0 Å². The van der Waals surface area contributed by atoms with Crippen molar-refractivity contribution in [3.8, 4) is 0 Å². The molecule has 0 bridgehead atoms. The predicted molar refractivity (Wildman–Crippen MR) is 72.8 cm³/mol. The summed E-state index contributed by atoms with van der Waals surface area (Å²) in [6.45, 7) is 15.1. The number of hydrogen-bond acceptors (Lipinski definition) is 2. The maximum atomic E-state index is 12.4. The maximum absolute atomic E-state index is 12.4. The van der Waals surface area contributed by atoms with Crippen molar-refractivity contribution in [2.24, 2.45) is 10.8 Å². The minimum Gasteiger partial charge on any atom is -0.385 e. The van der Waals surface area contributed by atoms with Crippen LogP contribution in [0.1, 0.15) is 61.3 Å². The molecule has 98 valence electrons. The number of carbonyl (C=O) groups excluding carboxylic acids is 1. The molecule has 2 nitrogen and oxygen atoms in total. The molecular weight excluding hydrogens is 210 g/mol. The van der Waals surface area contributed by atoms with Crippen LogP contribution in [-0.4, -0.2) is 11.8 Å². The SMILES string of the molecule is CC1CCC(=O)C(C(C)(C)C)=C(C(C)(C)C)N1. The fourth-order valence-corrected chi connectivity index (χ4v) is 2.39. The van der Waals surface area contributed by atoms with Crippen LogP contribution in [0.2, 0.25) is 0 Å². The Bertz CT molecular complexity index is 339. The monoisotopic (exact) mass is 237 g/mol. The van der Waals surface area contributed by atoms with E-state index >= 15 is 0 Å². The van der Waals surface area contributed by atoms with Gasteiger partial charge in [-0.3, -0.25) is 4.79 Å². The zero-order valence-corrected chi connectivity index (χ0v) is 12.4. The lowest BCUT2D eigenvalue weighted by Crippen LogP contribution is -2.34. The van der Waals surface area contributed by atoms with E-state index in [9.17, 15) is 4.79 Å². The fourth-order valence-electron chi connectivity index (χ4n) is 2.39. The smallest absolute Gasteiger partial charge is 0.161 e. The van der Waals surface area contributed by atoms with Gasteiger partial charge in [0, 0.05) is 29.1 Å². The van der Waals surface area contributed by atoms with Crippen LogP contribution in [0.15, 0.2) is 11.3 Å². The van der Waals surface area contributed by atoms with Crippen molar-refractivity contribution >= 4 is 5.78 Å². The number of rotatable bonds is 0. The summed E-state index contributed by atoms with van der Waals surface area (Å²) >= 11 is 0. The second-order valence-corrected chi connectivity index (χ2v) is 7.26. The van der Waals surface area contributed by atoms with Gasteiger partial charge < -0.3 is 5.32 Å². The largest absolute Gasteiger partial charge is 0.385 e. The van der Waals surface area contributed by atoms with Gasteiger partial charge in [0.25, 0.3) is 0 Å². The van der Waals surface area contributed by atoms with Gasteiger partial charge in [0.05, 0.1) is 0 Å². The van der Waals surface area contributed by atoms with E-state index in [0.717, 1.165) is 17.7 Å². The van der Waals surface area contributed by atoms with Crippen LogP contribution < -0.4 is 5.32 Å². The highest BCUT2D eigenvalue weighted by molar-refractivity contribution is 5.97. The fraction of sp³-hybridized carbons (Fsp3) is 0.800. The van der Waals surface area contributed by atoms with Crippen LogP contribution in [-0.2, 0) is 4.79 Å². The van der Waals surface area contributed by atoms with E-state index in [2.05, 4.69) is 53.8 Å². The number of carbonyl (C=O) groups is 1. The van der Waals surface area contributed by atoms with E-state index in [0.29, 0.717) is 18.2 Å². The Labute approximate surface area is 106 Å². The minimum atomic E-state index is -0.0866. The number of Topliss-reactive ketones (excluding diaryl/α,β-unsaturated/α-hetero) is 1. The van der Waals surface area contributed by atoms with Crippen LogP contribution in [0.5, 0.6) is 0 Å². The number of allylic oxidation sites excluding steroid dienone is 2. The van der Waals surface area contributed by atoms with Crippen LogP contribution in [0.25, 0.3) is 0 Å². The van der Waals surface area contributed by atoms with Gasteiger partial charge >= 0.3 is 0 Å². The second-order valence-electron chi connectivity index (χ2n) is 7.26. The number of nitrogens with one attached hydrogen (secondary N) is 1. The van der Waals surface area contributed by atoms with Crippen molar-refractivity contribution in [1.29, 1.82) is 0 Å². The summed E-state index contributed by atoms with van der Waals surface area (Å²) in [5.41, 5.74) is 2.04. The van der Waals surface area contributed by atoms with Gasteiger partial charge in [0.1, 0.15) is 0 Å². The molecule has 2 heteroatoms. The lowest BCUT2D eigenvalue weighted by atomic mass is 9.76. The number of hydrogen-bond donors (Lipinski definition) is 1. The van der Waals surface area contributed by atoms with Crippen molar-refractivity contribution in [1.82, 2.24) is 5.32 Å². The van der Waals surface area contributed by atoms with Crippen LogP contribution in [0, 0.1) is 10.8 Å². The zero-order chi connectivity index (χ0) is 13.4. The third kappa shape index (κ3) is 3.34. The minimum absolute atomic E-state index is 0.00310. The molecule has 0 aromatic heterocycles. The molecule has 0 saturated carbocycles. The summed E-state index contributed by atoms with van der Waals surface area (Å²) in [4.78, 5) is 12.4. The highest BCUT2D eigenvalue weighted by atomic mass is 16.1. The molecule has 0 aliphatic carbocycles. The van der Waals surface area contributed by atoms with Crippen LogP contribution in [0.4, 0.5) is 0 Å². The highest BCUT2D eigenvalue weighted by Crippen LogP contribution is 2.38. The molecule has 1 aliphatic heterocycles. The van der Waals surface area contributed by atoms with E-state index < -0.39 is 0 Å². The molecule has 0 amide bonds. The zero-order valence-electron chi connectivity index (χ0n) is 12.4. The Morgan fingerprint density at radius 3 is 2.00 bits per heavy atom. The molecule has 0 radical (unpaired) electrons. The molecule has 1 rings (SSSR count). The summed E-state index contributed by atoms with van der Waals surface area (Å²) < 4.78 is 0. The summed E-state index contributed by atoms with van der Waals surface area (Å²) in [7, 11) is 0. The summed E-state index contributed by atoms with van der Waals surface area (Å²) in [5.74, 6) is 0.319. The van der Waals surface area contributed by atoms with Crippen molar-refractivity contribution < 1.29 is 4.79 Å². The molecule has 1 atom stereocenters.